The molecule has 0 amide bonds. The van der Waals surface area contributed by atoms with E-state index in [1.165, 1.54) is 0 Å². The average molecular weight is 267 g/mol. The summed E-state index contributed by atoms with van der Waals surface area (Å²) in [5, 5.41) is 0. The van der Waals surface area contributed by atoms with Crippen LogP contribution in [0.5, 0.6) is 0 Å². The van der Waals surface area contributed by atoms with Gasteiger partial charge >= 0.3 is 0 Å². The molecule has 0 spiro atoms. The van der Waals surface area contributed by atoms with Crippen molar-refractivity contribution in [1.29, 1.82) is 0 Å². The molecule has 1 rings (SSSR count). The maximum atomic E-state index is 11.0. The van der Waals surface area contributed by atoms with E-state index in [0.717, 1.165) is 5.56 Å². The zero-order valence-electron chi connectivity index (χ0n) is 7.20. The molecule has 6 heteroatoms. The highest BCUT2D eigenvalue weighted by molar-refractivity contribution is 9.10. The van der Waals surface area contributed by atoms with Crippen molar-refractivity contribution >= 4 is 26.0 Å². The number of sulfonamides is 1. The van der Waals surface area contributed by atoms with Gasteiger partial charge in [-0.25, -0.2) is 13.1 Å². The molecule has 0 unspecified atom stereocenters. The van der Waals surface area contributed by atoms with Crippen LogP contribution in [0, 0.1) is 0 Å². The van der Waals surface area contributed by atoms with Gasteiger partial charge in [-0.2, -0.15) is 0 Å². The summed E-state index contributed by atoms with van der Waals surface area (Å²) in [5.41, 5.74) is 0.951. The summed E-state index contributed by atoms with van der Waals surface area (Å²) in [4.78, 5) is 0. The number of nitrogens with zero attached hydrogens (tertiary/aromatic N) is 1. The van der Waals surface area contributed by atoms with Crippen molar-refractivity contribution in [2.45, 2.75) is 6.54 Å². The van der Waals surface area contributed by atoms with E-state index < -0.39 is 10.0 Å². The fraction of sp³-hybridized carbons (Fsp3) is 0.429. The van der Waals surface area contributed by atoms with Crippen LogP contribution >= 0.6 is 15.9 Å². The van der Waals surface area contributed by atoms with Crippen LogP contribution in [0.4, 0.5) is 0 Å². The Balaban J connectivity index is 2.53. The second-order valence-corrected chi connectivity index (χ2v) is 5.84. The summed E-state index contributed by atoms with van der Waals surface area (Å²) < 4.78 is 26.3. The fourth-order valence-corrected chi connectivity index (χ4v) is 1.85. The summed E-state index contributed by atoms with van der Waals surface area (Å²) in [6, 6.07) is 1.87. The predicted octanol–water partition coefficient (Wildman–Crippen LogP) is 0.797. The molecule has 4 nitrogen and oxygen atoms in total. The van der Waals surface area contributed by atoms with Gasteiger partial charge in [-0.05, 0) is 11.6 Å². The quantitative estimate of drug-likeness (QED) is 0.820. The highest BCUT2D eigenvalue weighted by atomic mass is 79.9. The zero-order valence-corrected chi connectivity index (χ0v) is 9.60. The first-order valence-electron chi connectivity index (χ1n) is 3.67. The topological polar surface area (TPSA) is 51.1 Å². The van der Waals surface area contributed by atoms with Gasteiger partial charge in [-0.3, -0.25) is 0 Å². The molecule has 0 aromatic carbocycles. The summed E-state index contributed by atoms with van der Waals surface area (Å²) in [5.74, 6) is 0. The fourth-order valence-electron chi connectivity index (χ4n) is 0.897. The van der Waals surface area contributed by atoms with Crippen LogP contribution in [0.25, 0.3) is 0 Å². The molecule has 0 radical (unpaired) electrons. The summed E-state index contributed by atoms with van der Waals surface area (Å²) >= 11 is 2.89. The third-order valence-corrected chi connectivity index (χ3v) is 4.21. The van der Waals surface area contributed by atoms with E-state index in [-0.39, 0.29) is 4.66 Å². The first-order chi connectivity index (χ1) is 6.03. The lowest BCUT2D eigenvalue weighted by atomic mass is 10.4. The Morgan fingerprint density at radius 1 is 1.62 bits per heavy atom. The van der Waals surface area contributed by atoms with E-state index in [4.69, 9.17) is 0 Å². The Morgan fingerprint density at radius 3 is 2.77 bits per heavy atom. The van der Waals surface area contributed by atoms with Gasteiger partial charge in [-0.1, -0.05) is 15.9 Å². The Hall–Kier alpha value is -0.330. The number of aryl methyl sites for hydroxylation is 1. The van der Waals surface area contributed by atoms with Gasteiger partial charge in [0.2, 0.25) is 10.0 Å². The number of rotatable bonds is 4. The van der Waals surface area contributed by atoms with Gasteiger partial charge in [0.05, 0.1) is 0 Å². The molecular weight excluding hydrogens is 256 g/mol. The smallest absolute Gasteiger partial charge is 0.221 e. The molecule has 1 N–H and O–H groups in total. The third-order valence-electron chi connectivity index (χ3n) is 1.53. The van der Waals surface area contributed by atoms with E-state index in [0.29, 0.717) is 6.54 Å². The van der Waals surface area contributed by atoms with Crippen molar-refractivity contribution in [3.8, 4) is 0 Å². The second-order valence-electron chi connectivity index (χ2n) is 2.73. The normalized spacial score (nSPS) is 11.8. The standard InChI is InChI=1S/C7H11BrN2O2S/c1-10-3-2-7(5-10)4-9-13(11,12)6-8/h2-3,5,9H,4,6H2,1H3. The Labute approximate surface area is 86.1 Å². The summed E-state index contributed by atoms with van der Waals surface area (Å²) in [7, 11) is -1.26. The van der Waals surface area contributed by atoms with Crippen LogP contribution in [0.1, 0.15) is 5.56 Å². The molecule has 0 aliphatic carbocycles. The number of alkyl halides is 1. The second kappa shape index (κ2) is 4.26. The molecule has 0 saturated heterocycles. The first kappa shape index (κ1) is 10.7. The number of hydrogen-bond acceptors (Lipinski definition) is 2. The molecule has 0 bridgehead atoms. The molecule has 0 aliphatic rings. The van der Waals surface area contributed by atoms with Crippen LogP contribution in [0.3, 0.4) is 0 Å². The maximum Gasteiger partial charge on any atom is 0.221 e. The number of aromatic nitrogens is 1. The number of hydrogen-bond donors (Lipinski definition) is 1. The maximum absolute atomic E-state index is 11.0. The summed E-state index contributed by atoms with van der Waals surface area (Å²) in [6.45, 7) is 0.342. The summed E-state index contributed by atoms with van der Waals surface area (Å²) in [6.07, 6.45) is 3.74. The zero-order chi connectivity index (χ0) is 9.90. The van der Waals surface area contributed by atoms with Crippen molar-refractivity contribution in [1.82, 2.24) is 9.29 Å². The minimum atomic E-state index is -3.15. The van der Waals surface area contributed by atoms with Crippen LogP contribution < -0.4 is 4.72 Å². The van der Waals surface area contributed by atoms with E-state index in [9.17, 15) is 8.42 Å². The van der Waals surface area contributed by atoms with Crippen LogP contribution in [-0.4, -0.2) is 17.6 Å². The van der Waals surface area contributed by atoms with Gasteiger partial charge in [0.25, 0.3) is 0 Å². The molecule has 0 fully saturated rings. The number of halogens is 1. The third kappa shape index (κ3) is 3.50. The van der Waals surface area contributed by atoms with Crippen LogP contribution in [0.2, 0.25) is 0 Å². The van der Waals surface area contributed by atoms with Crippen molar-refractivity contribution in [2.75, 3.05) is 4.66 Å². The monoisotopic (exact) mass is 266 g/mol. The lowest BCUT2D eigenvalue weighted by molar-refractivity contribution is 0.586. The first-order valence-corrected chi connectivity index (χ1v) is 6.45. The lowest BCUT2D eigenvalue weighted by Crippen LogP contribution is -2.23. The lowest BCUT2D eigenvalue weighted by Gasteiger charge is -2.00. The molecule has 74 valence electrons. The molecular formula is C7H11BrN2O2S. The minimum absolute atomic E-state index is 0.0627. The SMILES string of the molecule is Cn1ccc(CNS(=O)(=O)CBr)c1. The van der Waals surface area contributed by atoms with Crippen molar-refractivity contribution < 1.29 is 8.42 Å². The van der Waals surface area contributed by atoms with Crippen molar-refractivity contribution in [3.05, 3.63) is 24.0 Å². The van der Waals surface area contributed by atoms with Crippen molar-refractivity contribution in [2.24, 2.45) is 7.05 Å². The van der Waals surface area contributed by atoms with Gasteiger partial charge in [0.15, 0.2) is 0 Å². The average Bonchev–Trinajstić information content (AvgIpc) is 2.48. The molecule has 13 heavy (non-hydrogen) atoms. The molecule has 1 heterocycles. The van der Waals surface area contributed by atoms with Gasteiger partial charge < -0.3 is 4.57 Å². The van der Waals surface area contributed by atoms with E-state index >= 15 is 0 Å². The highest BCUT2D eigenvalue weighted by Gasteiger charge is 2.06. The van der Waals surface area contributed by atoms with Gasteiger partial charge in [-0.15, -0.1) is 0 Å². The van der Waals surface area contributed by atoms with Crippen LogP contribution in [0.15, 0.2) is 18.5 Å². The van der Waals surface area contributed by atoms with Crippen molar-refractivity contribution in [3.63, 3.8) is 0 Å². The van der Waals surface area contributed by atoms with E-state index in [1.54, 1.807) is 0 Å². The molecule has 0 saturated carbocycles. The predicted molar refractivity (Wildman–Crippen MR) is 55.0 cm³/mol. The van der Waals surface area contributed by atoms with E-state index in [2.05, 4.69) is 20.7 Å². The minimum Gasteiger partial charge on any atom is -0.357 e. The van der Waals surface area contributed by atoms with Gasteiger partial charge in [0.1, 0.15) is 4.66 Å². The molecule has 1 aromatic heterocycles. The Morgan fingerprint density at radius 2 is 2.31 bits per heavy atom. The van der Waals surface area contributed by atoms with Crippen LogP contribution in [-0.2, 0) is 23.6 Å². The number of nitrogens with one attached hydrogen (secondary N) is 1. The Bertz CT molecular complexity index is 372. The highest BCUT2D eigenvalue weighted by Crippen LogP contribution is 2.00. The Kier molecular flexibility index (Phi) is 3.52. The molecule has 1 aromatic rings. The molecule has 0 aliphatic heterocycles. The largest absolute Gasteiger partial charge is 0.357 e. The van der Waals surface area contributed by atoms with E-state index in [1.807, 2.05) is 30.1 Å². The van der Waals surface area contributed by atoms with Gasteiger partial charge in [0, 0.05) is 26.0 Å². The molecule has 0 atom stereocenters.